The summed E-state index contributed by atoms with van der Waals surface area (Å²) in [6, 6.07) is 0. The molecule has 2 saturated heterocycles. The van der Waals surface area contributed by atoms with Crippen molar-refractivity contribution in [2.75, 3.05) is 36.9 Å². The van der Waals surface area contributed by atoms with Gasteiger partial charge in [-0.15, -0.1) is 0 Å². The molecular weight excluding hydrogens is 212 g/mol. The van der Waals surface area contributed by atoms with Gasteiger partial charge in [-0.25, -0.2) is 0 Å². The molecule has 4 heteroatoms. The fourth-order valence-electron chi connectivity index (χ4n) is 2.48. The number of nitrogens with zero attached hydrogens (tertiary/aromatic N) is 1. The quantitative estimate of drug-likeness (QED) is 0.776. The van der Waals surface area contributed by atoms with Crippen LogP contribution in [0, 0.1) is 0 Å². The van der Waals surface area contributed by atoms with Gasteiger partial charge in [0.05, 0.1) is 0 Å². The molecule has 2 nitrogen and oxygen atoms in total. The van der Waals surface area contributed by atoms with E-state index in [1.807, 2.05) is 0 Å². The maximum absolute atomic E-state index is 6.00. The van der Waals surface area contributed by atoms with Crippen LogP contribution >= 0.6 is 23.5 Å². The molecule has 2 aliphatic rings. The van der Waals surface area contributed by atoms with Gasteiger partial charge in [0.25, 0.3) is 0 Å². The van der Waals surface area contributed by atoms with E-state index in [9.17, 15) is 0 Å². The summed E-state index contributed by atoms with van der Waals surface area (Å²) in [5, 5.41) is 0.799. The minimum absolute atomic E-state index is 0.338. The summed E-state index contributed by atoms with van der Waals surface area (Å²) in [6.45, 7) is 5.67. The number of thioether (sulfide) groups is 2. The highest BCUT2D eigenvalue weighted by molar-refractivity contribution is 8.00. The third-order valence-electron chi connectivity index (χ3n) is 3.37. The molecule has 0 saturated carbocycles. The van der Waals surface area contributed by atoms with Gasteiger partial charge in [0.15, 0.2) is 0 Å². The van der Waals surface area contributed by atoms with Gasteiger partial charge in [0.1, 0.15) is 0 Å². The van der Waals surface area contributed by atoms with Crippen molar-refractivity contribution in [1.82, 2.24) is 4.90 Å². The van der Waals surface area contributed by atoms with Crippen molar-refractivity contribution in [3.63, 3.8) is 0 Å². The van der Waals surface area contributed by atoms with E-state index in [-0.39, 0.29) is 0 Å². The van der Waals surface area contributed by atoms with Crippen LogP contribution in [-0.4, -0.2) is 52.6 Å². The van der Waals surface area contributed by atoms with Crippen molar-refractivity contribution in [2.45, 2.75) is 24.1 Å². The Bertz CT molecular complexity index is 195. The molecule has 2 aliphatic heterocycles. The van der Waals surface area contributed by atoms with Crippen LogP contribution < -0.4 is 5.73 Å². The lowest BCUT2D eigenvalue weighted by atomic mass is 9.94. The Labute approximate surface area is 95.4 Å². The predicted octanol–water partition coefficient (Wildman–Crippen LogP) is 1.26. The molecule has 0 aromatic rings. The summed E-state index contributed by atoms with van der Waals surface area (Å²) in [6.07, 6.45) is 1.29. The number of hydrogen-bond donors (Lipinski definition) is 1. The highest BCUT2D eigenvalue weighted by atomic mass is 32.2. The molecule has 0 aromatic heterocycles. The Morgan fingerprint density at radius 3 is 2.64 bits per heavy atom. The molecular formula is C10H20N2S2. The summed E-state index contributed by atoms with van der Waals surface area (Å²) < 4.78 is 0. The molecule has 0 aliphatic carbocycles. The Hall–Kier alpha value is 0.620. The lowest BCUT2D eigenvalue weighted by Gasteiger charge is -2.42. The highest BCUT2D eigenvalue weighted by Gasteiger charge is 2.42. The van der Waals surface area contributed by atoms with Crippen LogP contribution in [-0.2, 0) is 0 Å². The van der Waals surface area contributed by atoms with Gasteiger partial charge in [-0.05, 0) is 6.42 Å². The van der Waals surface area contributed by atoms with E-state index in [1.165, 1.54) is 36.8 Å². The van der Waals surface area contributed by atoms with Gasteiger partial charge < -0.3 is 5.73 Å². The summed E-state index contributed by atoms with van der Waals surface area (Å²) in [4.78, 5) is 2.65. The first-order valence-corrected chi connectivity index (χ1v) is 7.62. The molecule has 2 rings (SSSR count). The second kappa shape index (κ2) is 4.64. The standard InChI is InChI=1S/C10H20N2S2/c1-9-6-10(7-11,8-14-9)12-2-4-13-5-3-12/h9H,2-8,11H2,1H3. The van der Waals surface area contributed by atoms with Crippen molar-refractivity contribution in [3.8, 4) is 0 Å². The zero-order valence-electron chi connectivity index (χ0n) is 8.87. The van der Waals surface area contributed by atoms with Crippen molar-refractivity contribution in [2.24, 2.45) is 5.73 Å². The van der Waals surface area contributed by atoms with Crippen LogP contribution in [0.5, 0.6) is 0 Å². The lowest BCUT2D eigenvalue weighted by molar-refractivity contribution is 0.126. The lowest BCUT2D eigenvalue weighted by Crippen LogP contribution is -2.57. The van der Waals surface area contributed by atoms with Crippen LogP contribution in [0.2, 0.25) is 0 Å². The zero-order valence-corrected chi connectivity index (χ0v) is 10.5. The van der Waals surface area contributed by atoms with Crippen molar-refractivity contribution in [1.29, 1.82) is 0 Å². The molecule has 2 fully saturated rings. The summed E-state index contributed by atoms with van der Waals surface area (Å²) in [5.41, 5.74) is 6.34. The minimum atomic E-state index is 0.338. The van der Waals surface area contributed by atoms with E-state index >= 15 is 0 Å². The predicted molar refractivity (Wildman–Crippen MR) is 67.2 cm³/mol. The first-order valence-electron chi connectivity index (χ1n) is 5.41. The van der Waals surface area contributed by atoms with Crippen LogP contribution in [0.3, 0.4) is 0 Å². The van der Waals surface area contributed by atoms with Gasteiger partial charge in [0.2, 0.25) is 0 Å². The summed E-state index contributed by atoms with van der Waals surface area (Å²) in [5.74, 6) is 3.83. The van der Waals surface area contributed by atoms with Crippen molar-refractivity contribution in [3.05, 3.63) is 0 Å². The molecule has 0 bridgehead atoms. The van der Waals surface area contributed by atoms with E-state index in [4.69, 9.17) is 5.73 Å². The Morgan fingerprint density at radius 2 is 2.14 bits per heavy atom. The van der Waals surface area contributed by atoms with E-state index in [2.05, 4.69) is 35.3 Å². The molecule has 0 spiro atoms. The number of nitrogens with two attached hydrogens (primary N) is 1. The molecule has 0 amide bonds. The summed E-state index contributed by atoms with van der Waals surface area (Å²) in [7, 11) is 0. The van der Waals surface area contributed by atoms with Crippen molar-refractivity contribution >= 4 is 23.5 Å². The van der Waals surface area contributed by atoms with Crippen LogP contribution in [0.4, 0.5) is 0 Å². The van der Waals surface area contributed by atoms with E-state index < -0.39 is 0 Å². The van der Waals surface area contributed by atoms with Gasteiger partial charge in [-0.3, -0.25) is 4.90 Å². The smallest absolute Gasteiger partial charge is 0.0433 e. The molecule has 14 heavy (non-hydrogen) atoms. The molecule has 2 N–H and O–H groups in total. The topological polar surface area (TPSA) is 29.3 Å². The average Bonchev–Trinajstić information content (AvgIpc) is 2.63. The second-order valence-corrected chi connectivity index (χ2v) is 7.01. The van der Waals surface area contributed by atoms with Crippen LogP contribution in [0.1, 0.15) is 13.3 Å². The molecule has 0 radical (unpaired) electrons. The third kappa shape index (κ3) is 2.08. The van der Waals surface area contributed by atoms with Crippen molar-refractivity contribution < 1.29 is 0 Å². The van der Waals surface area contributed by atoms with Gasteiger partial charge in [-0.2, -0.15) is 23.5 Å². The van der Waals surface area contributed by atoms with Gasteiger partial charge in [0, 0.05) is 47.7 Å². The molecule has 2 unspecified atom stereocenters. The van der Waals surface area contributed by atoms with E-state index in [1.54, 1.807) is 0 Å². The Balaban J connectivity index is 2.03. The minimum Gasteiger partial charge on any atom is -0.329 e. The molecule has 2 atom stereocenters. The second-order valence-electron chi connectivity index (χ2n) is 4.35. The fourth-order valence-corrected chi connectivity index (χ4v) is 4.82. The van der Waals surface area contributed by atoms with Crippen LogP contribution in [0.25, 0.3) is 0 Å². The Morgan fingerprint density at radius 1 is 1.43 bits per heavy atom. The zero-order chi connectivity index (χ0) is 10.0. The first kappa shape index (κ1) is 11.1. The molecule has 82 valence electrons. The Kier molecular flexibility index (Phi) is 3.68. The van der Waals surface area contributed by atoms with Gasteiger partial charge in [-0.1, -0.05) is 6.92 Å². The normalized spacial score (nSPS) is 40.3. The first-order chi connectivity index (χ1) is 6.77. The number of rotatable bonds is 2. The maximum atomic E-state index is 6.00. The fraction of sp³-hybridized carbons (Fsp3) is 1.00. The SMILES string of the molecule is CC1CC(CN)(N2CCSCC2)CS1. The number of hydrogen-bond acceptors (Lipinski definition) is 4. The van der Waals surface area contributed by atoms with Crippen LogP contribution in [0.15, 0.2) is 0 Å². The highest BCUT2D eigenvalue weighted by Crippen LogP contribution is 2.38. The van der Waals surface area contributed by atoms with E-state index in [0.717, 1.165) is 11.8 Å². The van der Waals surface area contributed by atoms with Gasteiger partial charge >= 0.3 is 0 Å². The average molecular weight is 232 g/mol. The molecule has 0 aromatic carbocycles. The summed E-state index contributed by atoms with van der Waals surface area (Å²) >= 11 is 4.17. The monoisotopic (exact) mass is 232 g/mol. The largest absolute Gasteiger partial charge is 0.329 e. The maximum Gasteiger partial charge on any atom is 0.0433 e. The molecule has 2 heterocycles. The third-order valence-corrected chi connectivity index (χ3v) is 5.75. The van der Waals surface area contributed by atoms with E-state index in [0.29, 0.717) is 5.54 Å².